The second-order valence-electron chi connectivity index (χ2n) is 10.4. The van der Waals surface area contributed by atoms with Gasteiger partial charge in [0.15, 0.2) is 17.9 Å². The molecule has 1 heterocycles. The van der Waals surface area contributed by atoms with Crippen molar-refractivity contribution in [2.24, 2.45) is 5.92 Å². The predicted octanol–water partition coefficient (Wildman–Crippen LogP) is 2.34. The number of phenolic OH excluding ortho intramolecular Hbond substituents is 2. The molecule has 0 aromatic heterocycles. The molecule has 1 fully saturated rings. The minimum atomic E-state index is -1.97. The van der Waals surface area contributed by atoms with Crippen LogP contribution in [0.2, 0.25) is 0 Å². The number of ketones is 3. The predicted molar refractivity (Wildman–Crippen MR) is 132 cm³/mol. The average molecular weight is 527 g/mol. The van der Waals surface area contributed by atoms with Crippen molar-refractivity contribution < 1.29 is 49.0 Å². The zero-order valence-corrected chi connectivity index (χ0v) is 21.5. The first-order chi connectivity index (χ1) is 17.9. The molecule has 2 unspecified atom stereocenters. The number of aliphatic hydroxyl groups excluding tert-OH is 1. The molecule has 5 rings (SSSR count). The summed E-state index contributed by atoms with van der Waals surface area (Å²) in [6.45, 7) is 4.72. The molecule has 2 aliphatic carbocycles. The van der Waals surface area contributed by atoms with Crippen LogP contribution in [0.5, 0.6) is 17.2 Å². The van der Waals surface area contributed by atoms with E-state index in [1.807, 2.05) is 6.92 Å². The summed E-state index contributed by atoms with van der Waals surface area (Å²) in [6.07, 6.45) is -3.72. The number of aliphatic hydroxyl groups is 2. The average Bonchev–Trinajstić information content (AvgIpc) is 2.87. The highest BCUT2D eigenvalue weighted by Gasteiger charge is 2.49. The Morgan fingerprint density at radius 3 is 2.39 bits per heavy atom. The van der Waals surface area contributed by atoms with Crippen LogP contribution in [0, 0.1) is 5.92 Å². The Hall–Kier alpha value is -3.31. The maximum absolute atomic E-state index is 13.6. The number of Topliss-reactive ketones (excluding diaryl/α,β-unsaturated/α-hetero) is 1. The van der Waals surface area contributed by atoms with Crippen molar-refractivity contribution in [1.29, 1.82) is 0 Å². The molecule has 0 bridgehead atoms. The Morgan fingerprint density at radius 2 is 1.76 bits per heavy atom. The van der Waals surface area contributed by atoms with Crippen molar-refractivity contribution in [2.45, 2.75) is 70.2 Å². The van der Waals surface area contributed by atoms with Gasteiger partial charge in [-0.25, -0.2) is 0 Å². The van der Waals surface area contributed by atoms with Crippen LogP contribution in [0.1, 0.15) is 82.7 Å². The molecule has 0 amide bonds. The van der Waals surface area contributed by atoms with Gasteiger partial charge in [-0.2, -0.15) is 0 Å². The van der Waals surface area contributed by atoms with E-state index in [1.54, 1.807) is 6.92 Å². The van der Waals surface area contributed by atoms with Gasteiger partial charge in [-0.15, -0.1) is 0 Å². The summed E-state index contributed by atoms with van der Waals surface area (Å²) in [5, 5.41) is 44.3. The number of benzene rings is 2. The van der Waals surface area contributed by atoms with E-state index in [2.05, 4.69) is 0 Å². The molecule has 0 saturated carbocycles. The summed E-state index contributed by atoms with van der Waals surface area (Å²) in [7, 11) is 1.35. The molecule has 4 N–H and O–H groups in total. The Balaban J connectivity index is 1.68. The SMILES string of the molecule is COc1cccc2c1C(=O)c1c(O)c3c(c(O)c1C2=O)C[C@@](O)(C(C)=O)C[C@@H]3O[C@H]1CC(C)C(O)[C@H](C)O1. The third-order valence-electron chi connectivity index (χ3n) is 8.04. The van der Waals surface area contributed by atoms with E-state index in [-0.39, 0.29) is 46.8 Å². The van der Waals surface area contributed by atoms with Gasteiger partial charge in [0.05, 0.1) is 42.1 Å². The van der Waals surface area contributed by atoms with Gasteiger partial charge < -0.3 is 34.6 Å². The van der Waals surface area contributed by atoms with Crippen LogP contribution in [0.15, 0.2) is 18.2 Å². The van der Waals surface area contributed by atoms with Crippen LogP contribution in [-0.4, -0.2) is 69.0 Å². The fourth-order valence-corrected chi connectivity index (χ4v) is 5.85. The number of rotatable bonds is 4. The molecule has 2 aromatic rings. The monoisotopic (exact) mass is 526 g/mol. The summed E-state index contributed by atoms with van der Waals surface area (Å²) in [5.41, 5.74) is -2.86. The van der Waals surface area contributed by atoms with E-state index in [0.29, 0.717) is 0 Å². The Kier molecular flexibility index (Phi) is 6.34. The highest BCUT2D eigenvalue weighted by molar-refractivity contribution is 6.31. The van der Waals surface area contributed by atoms with Crippen molar-refractivity contribution in [3.05, 3.63) is 51.6 Å². The number of methoxy groups -OCH3 is 1. The lowest BCUT2D eigenvalue weighted by molar-refractivity contribution is -0.255. The Morgan fingerprint density at radius 1 is 1.08 bits per heavy atom. The fourth-order valence-electron chi connectivity index (χ4n) is 5.85. The van der Waals surface area contributed by atoms with Crippen LogP contribution in [0.3, 0.4) is 0 Å². The second-order valence-corrected chi connectivity index (χ2v) is 10.4. The molecule has 0 radical (unpaired) electrons. The van der Waals surface area contributed by atoms with Gasteiger partial charge in [0.2, 0.25) is 5.78 Å². The first-order valence-electron chi connectivity index (χ1n) is 12.5. The van der Waals surface area contributed by atoms with Crippen molar-refractivity contribution in [3.8, 4) is 17.2 Å². The van der Waals surface area contributed by atoms with Crippen LogP contribution in [0.4, 0.5) is 0 Å². The minimum Gasteiger partial charge on any atom is -0.507 e. The molecule has 10 nitrogen and oxygen atoms in total. The largest absolute Gasteiger partial charge is 0.507 e. The van der Waals surface area contributed by atoms with E-state index >= 15 is 0 Å². The van der Waals surface area contributed by atoms with Crippen LogP contribution in [-0.2, 0) is 20.7 Å². The summed E-state index contributed by atoms with van der Waals surface area (Å²) >= 11 is 0. The molecule has 6 atom stereocenters. The minimum absolute atomic E-state index is 0.000854. The number of hydrogen-bond acceptors (Lipinski definition) is 10. The second kappa shape index (κ2) is 9.16. The number of phenols is 2. The molecule has 1 saturated heterocycles. The third-order valence-corrected chi connectivity index (χ3v) is 8.04. The molecule has 1 aliphatic heterocycles. The van der Waals surface area contributed by atoms with Gasteiger partial charge in [-0.1, -0.05) is 19.1 Å². The molecule has 10 heteroatoms. The summed E-state index contributed by atoms with van der Waals surface area (Å²) in [5.74, 6) is -3.23. The van der Waals surface area contributed by atoms with Gasteiger partial charge in [0.25, 0.3) is 0 Å². The number of carbonyl (C=O) groups excluding carboxylic acids is 3. The normalized spacial score (nSPS) is 30.3. The van der Waals surface area contributed by atoms with Gasteiger partial charge in [0, 0.05) is 36.0 Å². The lowest BCUT2D eigenvalue weighted by Crippen LogP contribution is -2.47. The Bertz CT molecular complexity index is 1350. The number of carbonyl (C=O) groups is 3. The van der Waals surface area contributed by atoms with Crippen LogP contribution >= 0.6 is 0 Å². The maximum atomic E-state index is 13.6. The van der Waals surface area contributed by atoms with Gasteiger partial charge in [-0.3, -0.25) is 14.4 Å². The number of fused-ring (bicyclic) bond motifs is 3. The van der Waals surface area contributed by atoms with Crippen molar-refractivity contribution in [3.63, 3.8) is 0 Å². The van der Waals surface area contributed by atoms with Gasteiger partial charge in [-0.05, 0) is 25.8 Å². The number of hydrogen-bond donors (Lipinski definition) is 4. The highest BCUT2D eigenvalue weighted by Crippen LogP contribution is 2.52. The summed E-state index contributed by atoms with van der Waals surface area (Å²) in [6, 6.07) is 4.47. The molecule has 202 valence electrons. The van der Waals surface area contributed by atoms with E-state index in [9.17, 15) is 34.8 Å². The topological polar surface area (TPSA) is 160 Å². The molecular formula is C28H30O10. The van der Waals surface area contributed by atoms with E-state index in [1.165, 1.54) is 32.2 Å². The highest BCUT2D eigenvalue weighted by atomic mass is 16.7. The van der Waals surface area contributed by atoms with Crippen LogP contribution < -0.4 is 4.74 Å². The number of ether oxygens (including phenoxy) is 3. The zero-order valence-electron chi connectivity index (χ0n) is 21.5. The van der Waals surface area contributed by atoms with Gasteiger partial charge >= 0.3 is 0 Å². The van der Waals surface area contributed by atoms with Crippen molar-refractivity contribution in [1.82, 2.24) is 0 Å². The maximum Gasteiger partial charge on any atom is 0.202 e. The quantitative estimate of drug-likeness (QED) is 0.372. The van der Waals surface area contributed by atoms with Gasteiger partial charge in [0.1, 0.15) is 22.8 Å². The first-order valence-corrected chi connectivity index (χ1v) is 12.5. The molecule has 2 aromatic carbocycles. The fraction of sp³-hybridized carbons (Fsp3) is 0.464. The zero-order chi connectivity index (χ0) is 27.7. The van der Waals surface area contributed by atoms with E-state index in [0.717, 1.165) is 0 Å². The number of aromatic hydroxyl groups is 2. The summed E-state index contributed by atoms with van der Waals surface area (Å²) < 4.78 is 17.2. The smallest absolute Gasteiger partial charge is 0.202 e. The molecule has 0 spiro atoms. The first kappa shape index (κ1) is 26.3. The van der Waals surface area contributed by atoms with Crippen LogP contribution in [0.25, 0.3) is 0 Å². The third kappa shape index (κ3) is 3.82. The summed E-state index contributed by atoms with van der Waals surface area (Å²) in [4.78, 5) is 39.6. The molecule has 38 heavy (non-hydrogen) atoms. The van der Waals surface area contributed by atoms with Crippen molar-refractivity contribution >= 4 is 17.3 Å². The molecular weight excluding hydrogens is 496 g/mol. The Labute approximate surface area is 218 Å². The van der Waals surface area contributed by atoms with E-state index < -0.39 is 76.6 Å². The molecule has 3 aliphatic rings. The van der Waals surface area contributed by atoms with E-state index in [4.69, 9.17) is 14.2 Å². The standard InChI is InChI=1S/C28H30O10/c1-11-8-18(37-12(2)23(11)30)38-17-10-28(35,13(3)29)9-15-20(17)27(34)22-21(25(15)32)24(31)14-6-5-7-16(36-4)19(14)26(22)33/h5-7,11-12,17-18,23,30,32,34-35H,8-10H2,1-4H3/t11?,12-,17-,18-,23?,28-/m0/s1. The lowest BCUT2D eigenvalue weighted by atomic mass is 9.72. The van der Waals surface area contributed by atoms with Crippen molar-refractivity contribution in [2.75, 3.05) is 7.11 Å². The lowest BCUT2D eigenvalue weighted by Gasteiger charge is -2.42.